The van der Waals surface area contributed by atoms with E-state index in [2.05, 4.69) is 20.4 Å². The Kier molecular flexibility index (Phi) is 7.61. The number of nitrogens with one attached hydrogen (secondary N) is 2. The van der Waals surface area contributed by atoms with Crippen molar-refractivity contribution in [2.75, 3.05) is 18.0 Å². The van der Waals surface area contributed by atoms with Crippen molar-refractivity contribution in [3.05, 3.63) is 64.1 Å². The van der Waals surface area contributed by atoms with Crippen LogP contribution >= 0.6 is 0 Å². The highest BCUT2D eigenvalue weighted by Crippen LogP contribution is 2.34. The van der Waals surface area contributed by atoms with Gasteiger partial charge in [-0.2, -0.15) is 4.31 Å². The van der Waals surface area contributed by atoms with Crippen LogP contribution in [0, 0.1) is 13.8 Å². The normalized spacial score (nSPS) is 20.3. The van der Waals surface area contributed by atoms with E-state index in [1.165, 1.54) is 27.4 Å². The van der Waals surface area contributed by atoms with Crippen molar-refractivity contribution in [3.63, 3.8) is 0 Å². The second-order valence-corrected chi connectivity index (χ2v) is 13.2. The molecule has 0 aromatic heterocycles. The molecule has 0 aliphatic carbocycles. The van der Waals surface area contributed by atoms with Crippen LogP contribution in [-0.4, -0.2) is 66.9 Å². The number of aliphatic imine (C=N–C) groups is 1. The summed E-state index contributed by atoms with van der Waals surface area (Å²) in [5.41, 5.74) is 0.677. The van der Waals surface area contributed by atoms with Gasteiger partial charge in [0.25, 0.3) is 11.8 Å². The van der Waals surface area contributed by atoms with Gasteiger partial charge in [0.2, 0.25) is 10.0 Å². The van der Waals surface area contributed by atoms with E-state index in [0.717, 1.165) is 17.5 Å². The lowest BCUT2D eigenvalue weighted by Crippen LogP contribution is -2.50. The van der Waals surface area contributed by atoms with Gasteiger partial charge in [-0.3, -0.25) is 24.8 Å². The molecule has 11 nitrogen and oxygen atoms in total. The second-order valence-electron chi connectivity index (χ2n) is 11.4. The minimum atomic E-state index is -4.83. The average Bonchev–Trinajstić information content (AvgIpc) is 3.33. The summed E-state index contributed by atoms with van der Waals surface area (Å²) in [4.78, 5) is 43.4. The van der Waals surface area contributed by atoms with Crippen molar-refractivity contribution in [2.24, 2.45) is 4.99 Å². The molecule has 2 saturated heterocycles. The Bertz CT molecular complexity index is 1690. The molecule has 2 N–H and O–H groups in total. The minimum absolute atomic E-state index is 0.0271. The summed E-state index contributed by atoms with van der Waals surface area (Å²) < 4.78 is 69.0. The molecule has 0 atom stereocenters. The number of anilines is 1. The topological polar surface area (TPSA) is 137 Å². The summed E-state index contributed by atoms with van der Waals surface area (Å²) >= 11 is 0. The molecule has 0 unspecified atom stereocenters. The number of piperidine rings is 1. The van der Waals surface area contributed by atoms with Crippen LogP contribution < -0.4 is 20.3 Å². The van der Waals surface area contributed by atoms with Gasteiger partial charge in [-0.25, -0.2) is 13.2 Å². The van der Waals surface area contributed by atoms with E-state index >= 15 is 0 Å². The summed E-state index contributed by atoms with van der Waals surface area (Å²) in [7, 11) is -3.88. The molecule has 44 heavy (non-hydrogen) atoms. The maximum absolute atomic E-state index is 13.2. The number of aryl methyl sites for hydroxylation is 2. The Morgan fingerprint density at radius 1 is 0.955 bits per heavy atom. The van der Waals surface area contributed by atoms with Crippen LogP contribution in [0.15, 0.2) is 46.8 Å². The van der Waals surface area contributed by atoms with Crippen molar-refractivity contribution >= 4 is 45.5 Å². The van der Waals surface area contributed by atoms with E-state index in [1.807, 2.05) is 0 Å². The lowest BCUT2D eigenvalue weighted by Gasteiger charge is -2.34. The van der Waals surface area contributed by atoms with Crippen molar-refractivity contribution in [3.8, 4) is 5.75 Å². The van der Waals surface area contributed by atoms with Gasteiger partial charge in [0.1, 0.15) is 22.7 Å². The fourth-order valence-corrected chi connectivity index (χ4v) is 6.77. The lowest BCUT2D eigenvalue weighted by atomic mass is 9.89. The maximum Gasteiger partial charge on any atom is 0.573 e. The molecule has 2 aromatic carbocycles. The number of carbonyl (C=O) groups excluding carboxylic acids is 3. The number of hydrogen-bond donors (Lipinski definition) is 2. The largest absolute Gasteiger partial charge is 0.573 e. The monoisotopic (exact) mass is 633 g/mol. The second kappa shape index (κ2) is 10.7. The first-order valence-corrected chi connectivity index (χ1v) is 15.1. The number of amides is 4. The Hall–Kier alpha value is -4.24. The molecule has 0 saturated carbocycles. The number of alkyl halides is 3. The van der Waals surface area contributed by atoms with Gasteiger partial charge in [0.05, 0.1) is 0 Å². The highest BCUT2D eigenvalue weighted by Gasteiger charge is 2.48. The predicted octanol–water partition coefficient (Wildman–Crippen LogP) is 3.75. The molecule has 3 aliphatic heterocycles. The zero-order valence-corrected chi connectivity index (χ0v) is 25.1. The van der Waals surface area contributed by atoms with Gasteiger partial charge >= 0.3 is 12.4 Å². The molecule has 5 rings (SSSR count). The molecule has 2 aromatic rings. The molecule has 2 fully saturated rings. The smallest absolute Gasteiger partial charge is 0.406 e. The van der Waals surface area contributed by atoms with Gasteiger partial charge in [-0.1, -0.05) is 0 Å². The van der Waals surface area contributed by atoms with Gasteiger partial charge < -0.3 is 10.1 Å². The van der Waals surface area contributed by atoms with E-state index in [9.17, 15) is 36.0 Å². The van der Waals surface area contributed by atoms with Crippen LogP contribution in [0.1, 0.15) is 48.9 Å². The highest BCUT2D eigenvalue weighted by molar-refractivity contribution is 7.92. The standard InChI is InChI=1S/C29H30F3N5O6S/c1-17-15-20(37-26(40)34-24(38)27(37,3)4)16-18(2)22(17)9-14-44(41,42)36-12-10-28(11-13-36)25(39)33-23(35-28)19-5-7-21(8-6-19)43-29(30,31)32/h5-9,14-16H,10-13H2,1-4H3,(H,33,35,39)(H,34,38,40). The fourth-order valence-electron chi connectivity index (χ4n) is 5.60. The predicted molar refractivity (Wildman–Crippen MR) is 155 cm³/mol. The Balaban J connectivity index is 1.28. The molecule has 1 spiro atoms. The van der Waals surface area contributed by atoms with Crippen LogP contribution in [0.2, 0.25) is 0 Å². The van der Waals surface area contributed by atoms with E-state index in [-0.39, 0.29) is 31.8 Å². The lowest BCUT2D eigenvalue weighted by molar-refractivity contribution is -0.274. The summed E-state index contributed by atoms with van der Waals surface area (Å²) in [6.45, 7) is 6.88. The number of carbonyl (C=O) groups is 3. The number of urea groups is 1. The molecule has 234 valence electrons. The van der Waals surface area contributed by atoms with Crippen molar-refractivity contribution in [2.45, 2.75) is 58.0 Å². The van der Waals surface area contributed by atoms with Crippen LogP contribution in [0.4, 0.5) is 23.7 Å². The van der Waals surface area contributed by atoms with Crippen molar-refractivity contribution < 1.29 is 40.7 Å². The van der Waals surface area contributed by atoms with Crippen LogP contribution in [0.3, 0.4) is 0 Å². The fraction of sp³-hybridized carbons (Fsp3) is 0.379. The number of sulfonamides is 1. The molecule has 3 aliphatic rings. The third-order valence-corrected chi connectivity index (χ3v) is 9.60. The van der Waals surface area contributed by atoms with Crippen LogP contribution in [0.25, 0.3) is 6.08 Å². The first-order valence-electron chi connectivity index (χ1n) is 13.6. The first-order chi connectivity index (χ1) is 20.4. The number of amidine groups is 1. The number of imide groups is 1. The number of hydrogen-bond acceptors (Lipinski definition) is 7. The summed E-state index contributed by atoms with van der Waals surface area (Å²) in [6, 6.07) is 7.83. The van der Waals surface area contributed by atoms with E-state index in [1.54, 1.807) is 39.8 Å². The van der Waals surface area contributed by atoms with Crippen molar-refractivity contribution in [1.82, 2.24) is 14.9 Å². The Morgan fingerprint density at radius 3 is 2.07 bits per heavy atom. The number of benzene rings is 2. The third-order valence-electron chi connectivity index (χ3n) is 8.03. The van der Waals surface area contributed by atoms with Crippen molar-refractivity contribution in [1.29, 1.82) is 0 Å². The number of rotatable bonds is 6. The molecular formula is C29H30F3N5O6S. The SMILES string of the molecule is Cc1cc(N2C(=O)NC(=O)C2(C)C)cc(C)c1C=CS(=O)(=O)N1CCC2(CC1)N=C(c1ccc(OC(F)(F)F)cc1)NC2=O. The third kappa shape index (κ3) is 5.80. The Morgan fingerprint density at radius 2 is 1.55 bits per heavy atom. The average molecular weight is 634 g/mol. The van der Waals surface area contributed by atoms with Crippen LogP contribution in [-0.2, 0) is 19.6 Å². The molecule has 0 bridgehead atoms. The molecule has 0 radical (unpaired) electrons. The van der Waals surface area contributed by atoms with Gasteiger partial charge in [-0.05, 0) is 99.7 Å². The van der Waals surface area contributed by atoms with Gasteiger partial charge in [-0.15, -0.1) is 13.2 Å². The number of nitrogens with zero attached hydrogens (tertiary/aromatic N) is 3. The zero-order chi connectivity index (χ0) is 32.2. The van der Waals surface area contributed by atoms with E-state index in [0.29, 0.717) is 27.9 Å². The Labute approximate surface area is 251 Å². The summed E-state index contributed by atoms with van der Waals surface area (Å²) in [5, 5.41) is 6.07. The molecule has 15 heteroatoms. The number of halogens is 3. The quantitative estimate of drug-likeness (QED) is 0.465. The highest BCUT2D eigenvalue weighted by atomic mass is 32.2. The molecule has 4 amide bonds. The number of ether oxygens (including phenoxy) is 1. The molecule has 3 heterocycles. The summed E-state index contributed by atoms with van der Waals surface area (Å²) in [6.07, 6.45) is -3.11. The van der Waals surface area contributed by atoms with E-state index in [4.69, 9.17) is 0 Å². The van der Waals surface area contributed by atoms with Crippen LogP contribution in [0.5, 0.6) is 5.75 Å². The van der Waals surface area contributed by atoms with Gasteiger partial charge in [0.15, 0.2) is 0 Å². The first kappa shape index (κ1) is 31.2. The minimum Gasteiger partial charge on any atom is -0.406 e. The van der Waals surface area contributed by atoms with Gasteiger partial charge in [0, 0.05) is 29.7 Å². The zero-order valence-electron chi connectivity index (χ0n) is 24.3. The maximum atomic E-state index is 13.2. The summed E-state index contributed by atoms with van der Waals surface area (Å²) in [5.74, 6) is -1.04. The molecular weight excluding hydrogens is 603 g/mol. The van der Waals surface area contributed by atoms with E-state index < -0.39 is 51.1 Å².